The largest absolute Gasteiger partial charge is 0.381 e. The van der Waals surface area contributed by atoms with Gasteiger partial charge in [-0.25, -0.2) is 9.97 Å². The second kappa shape index (κ2) is 8.87. The molecule has 172 valence electrons. The van der Waals surface area contributed by atoms with Crippen molar-refractivity contribution in [3.8, 4) is 11.4 Å². The van der Waals surface area contributed by atoms with Crippen molar-refractivity contribution < 1.29 is 14.4 Å². The summed E-state index contributed by atoms with van der Waals surface area (Å²) >= 11 is 1.42. The van der Waals surface area contributed by atoms with Gasteiger partial charge in [0.1, 0.15) is 11.9 Å². The van der Waals surface area contributed by atoms with Crippen molar-refractivity contribution in [3.63, 3.8) is 0 Å². The van der Waals surface area contributed by atoms with Gasteiger partial charge < -0.3 is 14.9 Å². The van der Waals surface area contributed by atoms with Crippen molar-refractivity contribution in [2.45, 2.75) is 46.1 Å². The molecule has 0 saturated carbocycles. The second-order valence-electron chi connectivity index (χ2n) is 8.80. The van der Waals surface area contributed by atoms with E-state index in [1.54, 1.807) is 13.1 Å². The normalized spacial score (nSPS) is 12.7. The maximum atomic E-state index is 12.5. The Morgan fingerprint density at radius 3 is 2.67 bits per heavy atom. The van der Waals surface area contributed by atoms with Crippen LogP contribution in [0.25, 0.3) is 22.2 Å². The fourth-order valence-corrected chi connectivity index (χ4v) is 4.51. The summed E-state index contributed by atoms with van der Waals surface area (Å²) in [7, 11) is 0. The van der Waals surface area contributed by atoms with Crippen LogP contribution < -0.4 is 10.6 Å². The average Bonchev–Trinajstić information content (AvgIpc) is 3.36. The van der Waals surface area contributed by atoms with E-state index in [0.717, 1.165) is 26.9 Å². The van der Waals surface area contributed by atoms with Gasteiger partial charge in [0, 0.05) is 28.9 Å². The van der Waals surface area contributed by atoms with E-state index in [0.29, 0.717) is 22.7 Å². The van der Waals surface area contributed by atoms with Gasteiger partial charge in [-0.1, -0.05) is 38.1 Å². The number of aryl methyl sites for hydroxylation is 2. The Labute approximate surface area is 195 Å². The smallest absolute Gasteiger partial charge is 0.256 e. The number of nitrogens with zero attached hydrogens (tertiary/aromatic N) is 4. The van der Waals surface area contributed by atoms with Gasteiger partial charge in [0.15, 0.2) is 5.13 Å². The fraction of sp³-hybridized carbons (Fsp3) is 0.348. The molecule has 0 spiro atoms. The molecular formula is C23H26N6O3S. The summed E-state index contributed by atoms with van der Waals surface area (Å²) in [6.07, 6.45) is 0.383. The Kier molecular flexibility index (Phi) is 6.13. The predicted molar refractivity (Wildman–Crippen MR) is 128 cm³/mol. The molecule has 4 aromatic rings. The van der Waals surface area contributed by atoms with Crippen LogP contribution in [0.5, 0.6) is 0 Å². The minimum Gasteiger partial charge on any atom is -0.381 e. The lowest BCUT2D eigenvalue weighted by Gasteiger charge is -2.16. The maximum absolute atomic E-state index is 12.5. The van der Waals surface area contributed by atoms with E-state index in [-0.39, 0.29) is 12.0 Å². The van der Waals surface area contributed by atoms with Gasteiger partial charge >= 0.3 is 0 Å². The Bertz CT molecular complexity index is 1310. The number of thiazole rings is 1. The number of carbonyl (C=O) groups excluding carboxylic acids is 1. The number of aliphatic hydroxyl groups is 1. The maximum Gasteiger partial charge on any atom is 0.256 e. The molecule has 33 heavy (non-hydrogen) atoms. The van der Waals surface area contributed by atoms with Crippen molar-refractivity contribution >= 4 is 39.0 Å². The summed E-state index contributed by atoms with van der Waals surface area (Å²) in [5.74, 6) is 0.979. The first-order valence-corrected chi connectivity index (χ1v) is 11.3. The SMILES string of the molecule is Cc1nc(-c2ccc3ccnc(NC[C@@H](O)C(=O)Nc4nc(C)c(C(C)(C)C)s4)c3c2)no1. The number of hydrogen-bond acceptors (Lipinski definition) is 9. The second-order valence-corrected chi connectivity index (χ2v) is 9.80. The van der Waals surface area contributed by atoms with Crippen LogP contribution in [0.3, 0.4) is 0 Å². The highest BCUT2D eigenvalue weighted by Crippen LogP contribution is 2.33. The molecule has 1 aromatic carbocycles. The van der Waals surface area contributed by atoms with E-state index < -0.39 is 12.0 Å². The molecule has 3 aromatic heterocycles. The van der Waals surface area contributed by atoms with E-state index in [1.807, 2.05) is 31.2 Å². The number of rotatable bonds is 6. The minimum atomic E-state index is -1.28. The van der Waals surface area contributed by atoms with Crippen molar-refractivity contribution in [1.29, 1.82) is 0 Å². The van der Waals surface area contributed by atoms with Crippen molar-refractivity contribution in [1.82, 2.24) is 20.1 Å². The summed E-state index contributed by atoms with van der Waals surface area (Å²) in [6, 6.07) is 7.62. The molecule has 10 heteroatoms. The summed E-state index contributed by atoms with van der Waals surface area (Å²) < 4.78 is 5.07. The molecular weight excluding hydrogens is 440 g/mol. The van der Waals surface area contributed by atoms with Gasteiger partial charge in [-0.15, -0.1) is 11.3 Å². The molecule has 9 nitrogen and oxygen atoms in total. The number of carbonyl (C=O) groups is 1. The highest BCUT2D eigenvalue weighted by molar-refractivity contribution is 7.16. The molecule has 0 fully saturated rings. The number of aliphatic hydroxyl groups excluding tert-OH is 1. The monoisotopic (exact) mass is 466 g/mol. The van der Waals surface area contributed by atoms with Gasteiger partial charge in [-0.2, -0.15) is 4.98 Å². The molecule has 0 aliphatic rings. The first-order valence-electron chi connectivity index (χ1n) is 10.5. The van der Waals surface area contributed by atoms with E-state index in [1.165, 1.54) is 11.3 Å². The third kappa shape index (κ3) is 5.01. The average molecular weight is 467 g/mol. The zero-order valence-corrected chi connectivity index (χ0v) is 19.9. The Morgan fingerprint density at radius 1 is 1.21 bits per heavy atom. The van der Waals surface area contributed by atoms with Crippen LogP contribution in [-0.4, -0.2) is 43.8 Å². The molecule has 3 heterocycles. The van der Waals surface area contributed by atoms with Gasteiger partial charge in [-0.3, -0.25) is 10.1 Å². The Hall–Kier alpha value is -3.37. The van der Waals surface area contributed by atoms with E-state index in [4.69, 9.17) is 4.52 Å². The third-order valence-electron chi connectivity index (χ3n) is 5.03. The molecule has 1 atom stereocenters. The number of nitrogens with one attached hydrogen (secondary N) is 2. The van der Waals surface area contributed by atoms with Crippen LogP contribution in [-0.2, 0) is 10.2 Å². The predicted octanol–water partition coefficient (Wildman–Crippen LogP) is 4.07. The number of anilines is 2. The summed E-state index contributed by atoms with van der Waals surface area (Å²) in [5, 5.41) is 22.4. The lowest BCUT2D eigenvalue weighted by molar-refractivity contribution is -0.123. The highest BCUT2D eigenvalue weighted by atomic mass is 32.1. The minimum absolute atomic E-state index is 0.0139. The zero-order valence-electron chi connectivity index (χ0n) is 19.1. The quantitative estimate of drug-likeness (QED) is 0.388. The third-order valence-corrected chi connectivity index (χ3v) is 6.52. The topological polar surface area (TPSA) is 126 Å². The van der Waals surface area contributed by atoms with Gasteiger partial charge in [0.25, 0.3) is 5.91 Å². The summed E-state index contributed by atoms with van der Waals surface area (Å²) in [5.41, 5.74) is 1.59. The van der Waals surface area contributed by atoms with Crippen molar-refractivity contribution in [3.05, 3.63) is 46.9 Å². The molecule has 0 aliphatic heterocycles. The Morgan fingerprint density at radius 2 is 2.00 bits per heavy atom. The molecule has 0 saturated heterocycles. The zero-order chi connectivity index (χ0) is 23.8. The van der Waals surface area contributed by atoms with E-state index in [2.05, 4.69) is 51.5 Å². The van der Waals surface area contributed by atoms with E-state index >= 15 is 0 Å². The number of aromatic nitrogens is 4. The molecule has 1 amide bonds. The van der Waals surface area contributed by atoms with Gasteiger partial charge in [0.05, 0.1) is 12.2 Å². The molecule has 3 N–H and O–H groups in total. The van der Waals surface area contributed by atoms with Gasteiger partial charge in [-0.05, 0) is 29.9 Å². The van der Waals surface area contributed by atoms with Crippen LogP contribution in [0, 0.1) is 13.8 Å². The van der Waals surface area contributed by atoms with E-state index in [9.17, 15) is 9.90 Å². The Balaban J connectivity index is 1.47. The number of fused-ring (bicyclic) bond motifs is 1. The molecule has 0 radical (unpaired) electrons. The van der Waals surface area contributed by atoms with Crippen LogP contribution in [0.1, 0.15) is 37.2 Å². The molecule has 0 unspecified atom stereocenters. The molecule has 0 bridgehead atoms. The lowest BCUT2D eigenvalue weighted by Crippen LogP contribution is -2.33. The summed E-state index contributed by atoms with van der Waals surface area (Å²) in [4.78, 5) is 26.7. The van der Waals surface area contributed by atoms with Crippen molar-refractivity contribution in [2.24, 2.45) is 0 Å². The van der Waals surface area contributed by atoms with Crippen LogP contribution in [0.4, 0.5) is 10.9 Å². The van der Waals surface area contributed by atoms with Gasteiger partial charge in [0.2, 0.25) is 11.7 Å². The number of pyridine rings is 1. The first-order chi connectivity index (χ1) is 15.6. The molecule has 0 aliphatic carbocycles. The standard InChI is InChI=1S/C23H26N6O3S/c1-12-18(23(3,4)5)33-22(26-12)28-21(31)17(30)11-25-20-16-10-15(19-27-13(2)32-29-19)7-6-14(16)8-9-24-20/h6-10,17,30H,11H2,1-5H3,(H,24,25)(H,26,28,31)/t17-/m1/s1. The fourth-order valence-electron chi connectivity index (χ4n) is 3.49. The van der Waals surface area contributed by atoms with Crippen molar-refractivity contribution in [2.75, 3.05) is 17.2 Å². The molecule has 4 rings (SSSR count). The van der Waals surface area contributed by atoms with Crippen LogP contribution in [0.2, 0.25) is 0 Å². The number of amides is 1. The summed E-state index contributed by atoms with van der Waals surface area (Å²) in [6.45, 7) is 9.93. The van der Waals surface area contributed by atoms with Crippen LogP contribution >= 0.6 is 11.3 Å². The van der Waals surface area contributed by atoms with Crippen LogP contribution in [0.15, 0.2) is 35.0 Å². The first kappa shape index (κ1) is 22.8. The number of hydrogen-bond donors (Lipinski definition) is 3. The number of benzene rings is 1. The highest BCUT2D eigenvalue weighted by Gasteiger charge is 2.23. The lowest BCUT2D eigenvalue weighted by atomic mass is 9.94.